The van der Waals surface area contributed by atoms with E-state index in [1.54, 1.807) is 14.1 Å². The lowest BCUT2D eigenvalue weighted by atomic mass is 10.1. The lowest BCUT2D eigenvalue weighted by Gasteiger charge is -2.15. The van der Waals surface area contributed by atoms with E-state index in [9.17, 15) is 9.59 Å². The predicted octanol–water partition coefficient (Wildman–Crippen LogP) is 2.63. The second-order valence-corrected chi connectivity index (χ2v) is 5.28. The van der Waals surface area contributed by atoms with Gasteiger partial charge in [-0.15, -0.1) is 0 Å². The summed E-state index contributed by atoms with van der Waals surface area (Å²) in [6, 6.07) is 7.41. The first-order chi connectivity index (χ1) is 9.96. The minimum Gasteiger partial charge on any atom is -0.353 e. The van der Waals surface area contributed by atoms with Crippen LogP contribution in [0.2, 0.25) is 0 Å². The van der Waals surface area contributed by atoms with Crippen molar-refractivity contribution in [3.05, 3.63) is 29.8 Å². The first kappa shape index (κ1) is 17.0. The summed E-state index contributed by atoms with van der Waals surface area (Å²) in [5.74, 6) is 0.0137. The molecule has 0 aliphatic carbocycles. The third-order valence-electron chi connectivity index (χ3n) is 3.30. The summed E-state index contributed by atoms with van der Waals surface area (Å²) in [5, 5.41) is 5.78. The summed E-state index contributed by atoms with van der Waals surface area (Å²) in [6.45, 7) is 4.12. The highest BCUT2D eigenvalue weighted by Gasteiger charge is 2.10. The second kappa shape index (κ2) is 8.29. The fraction of sp³-hybridized carbons (Fsp3) is 0.500. The van der Waals surface area contributed by atoms with Crippen LogP contribution in [0.15, 0.2) is 24.3 Å². The van der Waals surface area contributed by atoms with E-state index in [2.05, 4.69) is 24.5 Å². The van der Waals surface area contributed by atoms with Crippen molar-refractivity contribution < 1.29 is 9.59 Å². The monoisotopic (exact) mass is 291 g/mol. The lowest BCUT2D eigenvalue weighted by Crippen LogP contribution is -2.34. The molecule has 0 aromatic heterocycles. The van der Waals surface area contributed by atoms with Gasteiger partial charge < -0.3 is 15.5 Å². The van der Waals surface area contributed by atoms with Gasteiger partial charge in [0.1, 0.15) is 0 Å². The van der Waals surface area contributed by atoms with Gasteiger partial charge in [0.2, 0.25) is 5.91 Å². The molecule has 0 aliphatic heterocycles. The largest absolute Gasteiger partial charge is 0.353 e. The number of amides is 3. The second-order valence-electron chi connectivity index (χ2n) is 5.28. The Hall–Kier alpha value is -2.04. The smallest absolute Gasteiger partial charge is 0.321 e. The summed E-state index contributed by atoms with van der Waals surface area (Å²) in [4.78, 5) is 25.0. The van der Waals surface area contributed by atoms with E-state index in [0.717, 1.165) is 18.4 Å². The first-order valence-electron chi connectivity index (χ1n) is 7.32. The number of urea groups is 1. The molecule has 3 amide bonds. The molecule has 0 unspecified atom stereocenters. The van der Waals surface area contributed by atoms with Gasteiger partial charge in [-0.1, -0.05) is 26.0 Å². The van der Waals surface area contributed by atoms with Gasteiger partial charge in [-0.2, -0.15) is 0 Å². The van der Waals surface area contributed by atoms with Crippen molar-refractivity contribution in [2.24, 2.45) is 0 Å². The molecule has 1 rings (SSSR count). The van der Waals surface area contributed by atoms with Crippen LogP contribution in [0.25, 0.3) is 0 Å². The number of nitrogens with zero attached hydrogens (tertiary/aromatic N) is 1. The zero-order chi connectivity index (χ0) is 15.8. The molecule has 2 N–H and O–H groups in total. The fourth-order valence-corrected chi connectivity index (χ4v) is 1.95. The molecule has 0 radical (unpaired) electrons. The number of rotatable bonds is 6. The van der Waals surface area contributed by atoms with Crippen LogP contribution < -0.4 is 10.6 Å². The normalized spacial score (nSPS) is 10.3. The van der Waals surface area contributed by atoms with Gasteiger partial charge in [0.25, 0.3) is 0 Å². The third-order valence-corrected chi connectivity index (χ3v) is 3.30. The topological polar surface area (TPSA) is 61.4 Å². The van der Waals surface area contributed by atoms with Gasteiger partial charge in [-0.3, -0.25) is 4.79 Å². The van der Waals surface area contributed by atoms with Crippen LogP contribution in [0.5, 0.6) is 0 Å². The third kappa shape index (κ3) is 5.85. The molecule has 0 saturated carbocycles. The standard InChI is InChI=1S/C16H25N3O2/c1-5-13(6-2)17-15(20)11-12-8-7-9-14(10-12)18-16(21)19(3)4/h7-10,13H,5-6,11H2,1-4H3,(H,17,20)(H,18,21). The number of hydrogen-bond acceptors (Lipinski definition) is 2. The quantitative estimate of drug-likeness (QED) is 0.846. The van der Waals surface area contributed by atoms with Gasteiger partial charge >= 0.3 is 6.03 Å². The Morgan fingerprint density at radius 1 is 1.19 bits per heavy atom. The van der Waals surface area contributed by atoms with E-state index < -0.39 is 0 Å². The average Bonchev–Trinajstić information content (AvgIpc) is 2.44. The van der Waals surface area contributed by atoms with E-state index in [1.165, 1.54) is 4.90 Å². The molecular weight excluding hydrogens is 266 g/mol. The number of carbonyl (C=O) groups excluding carboxylic acids is 2. The van der Waals surface area contributed by atoms with E-state index in [0.29, 0.717) is 12.1 Å². The first-order valence-corrected chi connectivity index (χ1v) is 7.32. The SMILES string of the molecule is CCC(CC)NC(=O)Cc1cccc(NC(=O)N(C)C)c1. The maximum absolute atomic E-state index is 12.0. The summed E-state index contributed by atoms with van der Waals surface area (Å²) in [5.41, 5.74) is 1.58. The Morgan fingerprint density at radius 2 is 1.86 bits per heavy atom. The van der Waals surface area contributed by atoms with Gasteiger partial charge in [-0.25, -0.2) is 4.79 Å². The molecule has 5 nitrogen and oxygen atoms in total. The summed E-state index contributed by atoms with van der Waals surface area (Å²) < 4.78 is 0. The molecule has 0 fully saturated rings. The molecule has 0 bridgehead atoms. The molecule has 0 spiro atoms. The highest BCUT2D eigenvalue weighted by molar-refractivity contribution is 5.89. The molecule has 0 aliphatic rings. The molecule has 0 saturated heterocycles. The lowest BCUT2D eigenvalue weighted by molar-refractivity contribution is -0.121. The van der Waals surface area contributed by atoms with Crippen LogP contribution in [0.1, 0.15) is 32.3 Å². The number of benzene rings is 1. The number of anilines is 1. The summed E-state index contributed by atoms with van der Waals surface area (Å²) in [7, 11) is 3.37. The Kier molecular flexibility index (Phi) is 6.72. The Labute approximate surface area is 126 Å². The van der Waals surface area contributed by atoms with Crippen molar-refractivity contribution in [3.63, 3.8) is 0 Å². The average molecular weight is 291 g/mol. The Morgan fingerprint density at radius 3 is 2.43 bits per heavy atom. The van der Waals surface area contributed by atoms with E-state index in [-0.39, 0.29) is 18.0 Å². The number of hydrogen-bond donors (Lipinski definition) is 2. The molecule has 1 aromatic rings. The maximum Gasteiger partial charge on any atom is 0.321 e. The van der Waals surface area contributed by atoms with Crippen LogP contribution in [-0.2, 0) is 11.2 Å². The van der Waals surface area contributed by atoms with Gasteiger partial charge in [0, 0.05) is 25.8 Å². The van der Waals surface area contributed by atoms with Gasteiger partial charge in [0.05, 0.1) is 6.42 Å². The number of carbonyl (C=O) groups is 2. The molecule has 0 atom stereocenters. The maximum atomic E-state index is 12.0. The summed E-state index contributed by atoms with van der Waals surface area (Å²) >= 11 is 0. The summed E-state index contributed by atoms with van der Waals surface area (Å²) in [6.07, 6.45) is 2.19. The van der Waals surface area contributed by atoms with E-state index >= 15 is 0 Å². The van der Waals surface area contributed by atoms with Crippen LogP contribution in [0, 0.1) is 0 Å². The highest BCUT2D eigenvalue weighted by atomic mass is 16.2. The van der Waals surface area contributed by atoms with Crippen molar-refractivity contribution in [1.82, 2.24) is 10.2 Å². The zero-order valence-electron chi connectivity index (χ0n) is 13.3. The molecule has 1 aromatic carbocycles. The molecule has 5 heteroatoms. The molecule has 116 valence electrons. The van der Waals surface area contributed by atoms with Crippen LogP contribution in [0.4, 0.5) is 10.5 Å². The van der Waals surface area contributed by atoms with Crippen molar-refractivity contribution in [3.8, 4) is 0 Å². The van der Waals surface area contributed by atoms with Crippen molar-refractivity contribution in [1.29, 1.82) is 0 Å². The van der Waals surface area contributed by atoms with E-state index in [1.807, 2.05) is 24.3 Å². The van der Waals surface area contributed by atoms with Crippen LogP contribution in [0.3, 0.4) is 0 Å². The van der Waals surface area contributed by atoms with Crippen molar-refractivity contribution in [2.45, 2.75) is 39.2 Å². The molecule has 0 heterocycles. The molecular formula is C16H25N3O2. The fourth-order valence-electron chi connectivity index (χ4n) is 1.95. The van der Waals surface area contributed by atoms with Crippen molar-refractivity contribution >= 4 is 17.6 Å². The van der Waals surface area contributed by atoms with Crippen LogP contribution in [-0.4, -0.2) is 37.0 Å². The Balaban J connectivity index is 2.64. The van der Waals surface area contributed by atoms with Crippen LogP contribution >= 0.6 is 0 Å². The Bertz CT molecular complexity index is 482. The zero-order valence-corrected chi connectivity index (χ0v) is 13.3. The minimum atomic E-state index is -0.186. The highest BCUT2D eigenvalue weighted by Crippen LogP contribution is 2.12. The van der Waals surface area contributed by atoms with Crippen molar-refractivity contribution in [2.75, 3.05) is 19.4 Å². The van der Waals surface area contributed by atoms with Gasteiger partial charge in [0.15, 0.2) is 0 Å². The minimum absolute atomic E-state index is 0.0137. The van der Waals surface area contributed by atoms with E-state index in [4.69, 9.17) is 0 Å². The number of nitrogens with one attached hydrogen (secondary N) is 2. The van der Waals surface area contributed by atoms with Gasteiger partial charge in [-0.05, 0) is 30.5 Å². The molecule has 21 heavy (non-hydrogen) atoms. The predicted molar refractivity (Wildman–Crippen MR) is 85.4 cm³/mol.